The Bertz CT molecular complexity index is 899. The lowest BCUT2D eigenvalue weighted by atomic mass is 10.2. The fourth-order valence-electron chi connectivity index (χ4n) is 2.45. The molecular formula is C19H18FN3OS. The van der Waals surface area contributed by atoms with Gasteiger partial charge in [-0.3, -0.25) is 4.79 Å². The van der Waals surface area contributed by atoms with E-state index >= 15 is 0 Å². The summed E-state index contributed by atoms with van der Waals surface area (Å²) in [5.74, 6) is 0.605. The summed E-state index contributed by atoms with van der Waals surface area (Å²) in [6, 6.07) is 14.0. The molecule has 0 atom stereocenters. The number of carbonyl (C=O) groups excluding carboxylic acids is 1. The smallest absolute Gasteiger partial charge is 0.233 e. The van der Waals surface area contributed by atoms with E-state index in [1.807, 2.05) is 31.2 Å². The van der Waals surface area contributed by atoms with E-state index in [0.29, 0.717) is 12.4 Å². The number of nitrogens with zero attached hydrogens (tertiary/aromatic N) is 3. The van der Waals surface area contributed by atoms with Crippen LogP contribution in [-0.4, -0.2) is 33.6 Å². The van der Waals surface area contributed by atoms with Crippen molar-refractivity contribution in [3.05, 3.63) is 65.9 Å². The molecule has 0 bridgehead atoms. The quantitative estimate of drug-likeness (QED) is 0.653. The average Bonchev–Trinajstić information content (AvgIpc) is 2.61. The number of hydrogen-bond donors (Lipinski definition) is 0. The van der Waals surface area contributed by atoms with Gasteiger partial charge < -0.3 is 4.90 Å². The molecule has 25 heavy (non-hydrogen) atoms. The number of aromatic nitrogens is 2. The standard InChI is InChI=1S/C19H18FN3OS/c1-13-16-5-3-4-6-17(16)22-18(21-13)11-23(2)19(24)12-25-15-9-7-14(20)8-10-15/h3-10H,11-12H2,1-2H3. The van der Waals surface area contributed by atoms with Gasteiger partial charge in [-0.2, -0.15) is 0 Å². The molecule has 3 rings (SSSR count). The molecule has 0 N–H and O–H groups in total. The summed E-state index contributed by atoms with van der Waals surface area (Å²) in [6.07, 6.45) is 0. The zero-order valence-corrected chi connectivity index (χ0v) is 14.9. The van der Waals surface area contributed by atoms with Crippen LogP contribution in [0.25, 0.3) is 10.9 Å². The lowest BCUT2D eigenvalue weighted by Gasteiger charge is -2.16. The summed E-state index contributed by atoms with van der Waals surface area (Å²) < 4.78 is 12.9. The first-order chi connectivity index (χ1) is 12.0. The van der Waals surface area contributed by atoms with Crippen LogP contribution in [-0.2, 0) is 11.3 Å². The molecule has 2 aromatic carbocycles. The van der Waals surface area contributed by atoms with Crippen LogP contribution in [0.5, 0.6) is 0 Å². The number of carbonyl (C=O) groups is 1. The third-order valence-corrected chi connectivity index (χ3v) is 4.82. The summed E-state index contributed by atoms with van der Waals surface area (Å²) in [5, 5.41) is 1.02. The summed E-state index contributed by atoms with van der Waals surface area (Å²) in [5.41, 5.74) is 1.79. The van der Waals surface area contributed by atoms with E-state index in [2.05, 4.69) is 9.97 Å². The second kappa shape index (κ2) is 7.61. The van der Waals surface area contributed by atoms with E-state index in [1.165, 1.54) is 23.9 Å². The molecule has 1 heterocycles. The maximum Gasteiger partial charge on any atom is 0.233 e. The number of aryl methyl sites for hydroxylation is 1. The van der Waals surface area contributed by atoms with Crippen LogP contribution >= 0.6 is 11.8 Å². The third-order valence-electron chi connectivity index (χ3n) is 3.82. The van der Waals surface area contributed by atoms with Crippen molar-refractivity contribution < 1.29 is 9.18 Å². The molecular weight excluding hydrogens is 337 g/mol. The number of thioether (sulfide) groups is 1. The van der Waals surface area contributed by atoms with Gasteiger partial charge in [0.25, 0.3) is 0 Å². The van der Waals surface area contributed by atoms with Gasteiger partial charge in [0.2, 0.25) is 5.91 Å². The van der Waals surface area contributed by atoms with Crippen LogP contribution < -0.4 is 0 Å². The molecule has 1 aromatic heterocycles. The van der Waals surface area contributed by atoms with E-state index < -0.39 is 0 Å². The predicted octanol–water partition coefficient (Wildman–Crippen LogP) is 3.83. The Morgan fingerprint density at radius 2 is 1.84 bits per heavy atom. The zero-order valence-electron chi connectivity index (χ0n) is 14.1. The molecule has 0 aliphatic rings. The van der Waals surface area contributed by atoms with Crippen LogP contribution in [0.3, 0.4) is 0 Å². The summed E-state index contributed by atoms with van der Waals surface area (Å²) >= 11 is 1.38. The summed E-state index contributed by atoms with van der Waals surface area (Å²) in [4.78, 5) is 23.8. The first kappa shape index (κ1) is 17.4. The third kappa shape index (κ3) is 4.33. The van der Waals surface area contributed by atoms with Crippen LogP contribution in [0.1, 0.15) is 11.5 Å². The molecule has 0 spiro atoms. The molecule has 0 saturated heterocycles. The largest absolute Gasteiger partial charge is 0.337 e. The van der Waals surface area contributed by atoms with E-state index in [4.69, 9.17) is 0 Å². The zero-order chi connectivity index (χ0) is 17.8. The number of para-hydroxylation sites is 1. The second-order valence-electron chi connectivity index (χ2n) is 5.73. The maximum absolute atomic E-state index is 12.9. The van der Waals surface area contributed by atoms with Crippen molar-refractivity contribution in [2.24, 2.45) is 0 Å². The van der Waals surface area contributed by atoms with E-state index in [-0.39, 0.29) is 17.5 Å². The molecule has 3 aromatic rings. The van der Waals surface area contributed by atoms with Crippen LogP contribution in [0.15, 0.2) is 53.4 Å². The van der Waals surface area contributed by atoms with Gasteiger partial charge in [-0.15, -0.1) is 11.8 Å². The number of rotatable bonds is 5. The molecule has 0 unspecified atom stereocenters. The summed E-state index contributed by atoms with van der Waals surface area (Å²) in [6.45, 7) is 2.30. The molecule has 1 amide bonds. The highest BCUT2D eigenvalue weighted by molar-refractivity contribution is 8.00. The minimum atomic E-state index is -0.281. The van der Waals surface area contributed by atoms with Crippen molar-refractivity contribution in [3.8, 4) is 0 Å². The summed E-state index contributed by atoms with van der Waals surface area (Å²) in [7, 11) is 1.74. The lowest BCUT2D eigenvalue weighted by Crippen LogP contribution is -2.28. The SMILES string of the molecule is Cc1nc(CN(C)C(=O)CSc2ccc(F)cc2)nc2ccccc12. The molecule has 0 saturated carbocycles. The monoisotopic (exact) mass is 355 g/mol. The fraction of sp³-hybridized carbons (Fsp3) is 0.211. The molecule has 6 heteroatoms. The Kier molecular flexibility index (Phi) is 5.28. The van der Waals surface area contributed by atoms with Crippen molar-refractivity contribution in [2.45, 2.75) is 18.4 Å². The maximum atomic E-state index is 12.9. The lowest BCUT2D eigenvalue weighted by molar-refractivity contribution is -0.127. The Balaban J connectivity index is 1.64. The van der Waals surface area contributed by atoms with Gasteiger partial charge >= 0.3 is 0 Å². The van der Waals surface area contributed by atoms with Crippen LogP contribution in [0, 0.1) is 12.7 Å². The van der Waals surface area contributed by atoms with Crippen molar-refractivity contribution in [3.63, 3.8) is 0 Å². The van der Waals surface area contributed by atoms with E-state index in [9.17, 15) is 9.18 Å². The highest BCUT2D eigenvalue weighted by Crippen LogP contribution is 2.19. The van der Waals surface area contributed by atoms with Crippen molar-refractivity contribution in [1.82, 2.24) is 14.9 Å². The Morgan fingerprint density at radius 1 is 1.12 bits per heavy atom. The number of fused-ring (bicyclic) bond motifs is 1. The van der Waals surface area contributed by atoms with Gasteiger partial charge in [0.1, 0.15) is 11.6 Å². The van der Waals surface area contributed by atoms with E-state index in [1.54, 1.807) is 24.1 Å². The average molecular weight is 355 g/mol. The number of halogens is 1. The van der Waals surface area contributed by atoms with Crippen molar-refractivity contribution in [2.75, 3.05) is 12.8 Å². The Labute approximate surface area is 150 Å². The molecule has 128 valence electrons. The van der Waals surface area contributed by atoms with Crippen molar-refractivity contribution >= 4 is 28.6 Å². The highest BCUT2D eigenvalue weighted by Gasteiger charge is 2.13. The number of hydrogen-bond acceptors (Lipinski definition) is 4. The highest BCUT2D eigenvalue weighted by atomic mass is 32.2. The van der Waals surface area contributed by atoms with Gasteiger partial charge in [-0.1, -0.05) is 18.2 Å². The van der Waals surface area contributed by atoms with Gasteiger partial charge in [0, 0.05) is 23.0 Å². The fourth-order valence-corrected chi connectivity index (χ4v) is 3.29. The minimum absolute atomic E-state index is 0.0243. The van der Waals surface area contributed by atoms with Gasteiger partial charge in [0.05, 0.1) is 17.8 Å². The van der Waals surface area contributed by atoms with E-state index in [0.717, 1.165) is 21.5 Å². The Hall–Kier alpha value is -2.47. The minimum Gasteiger partial charge on any atom is -0.337 e. The molecule has 0 radical (unpaired) electrons. The first-order valence-corrected chi connectivity index (χ1v) is 8.86. The molecule has 0 aliphatic carbocycles. The molecule has 0 aliphatic heterocycles. The van der Waals surface area contributed by atoms with Gasteiger partial charge in [0.15, 0.2) is 0 Å². The first-order valence-electron chi connectivity index (χ1n) is 7.87. The molecule has 0 fully saturated rings. The number of benzene rings is 2. The normalized spacial score (nSPS) is 10.8. The predicted molar refractivity (Wildman–Crippen MR) is 97.9 cm³/mol. The second-order valence-corrected chi connectivity index (χ2v) is 6.78. The number of amides is 1. The van der Waals surface area contributed by atoms with Crippen LogP contribution in [0.4, 0.5) is 4.39 Å². The molecule has 4 nitrogen and oxygen atoms in total. The Morgan fingerprint density at radius 3 is 2.60 bits per heavy atom. The topological polar surface area (TPSA) is 46.1 Å². The van der Waals surface area contributed by atoms with Crippen molar-refractivity contribution in [1.29, 1.82) is 0 Å². The van der Waals surface area contributed by atoms with Gasteiger partial charge in [-0.25, -0.2) is 14.4 Å². The van der Waals surface area contributed by atoms with Gasteiger partial charge in [-0.05, 0) is 37.3 Å². The van der Waals surface area contributed by atoms with Crippen LogP contribution in [0.2, 0.25) is 0 Å².